The summed E-state index contributed by atoms with van der Waals surface area (Å²) >= 11 is 0. The first-order valence-electron chi connectivity index (χ1n) is 8.11. The second-order valence-corrected chi connectivity index (χ2v) is 5.63. The van der Waals surface area contributed by atoms with Gasteiger partial charge in [-0.1, -0.05) is 36.4 Å². The molecule has 2 aromatic carbocycles. The Morgan fingerprint density at radius 1 is 1.04 bits per heavy atom. The molecule has 25 heavy (non-hydrogen) atoms. The lowest BCUT2D eigenvalue weighted by molar-refractivity contribution is -0.116. The molecule has 0 saturated heterocycles. The molecule has 5 heteroatoms. The van der Waals surface area contributed by atoms with Crippen molar-refractivity contribution in [2.45, 2.75) is 13.0 Å². The molecule has 0 aliphatic heterocycles. The van der Waals surface area contributed by atoms with Gasteiger partial charge < -0.3 is 10.4 Å². The number of nitrogens with one attached hydrogen (secondary N) is 1. The van der Waals surface area contributed by atoms with E-state index in [4.69, 9.17) is 5.11 Å². The van der Waals surface area contributed by atoms with Crippen LogP contribution in [0.25, 0.3) is 17.1 Å². The van der Waals surface area contributed by atoms with Crippen LogP contribution in [-0.2, 0) is 17.8 Å². The SMILES string of the molecule is O=C(/C=C/c1cnc2ccccc2n1)NCCc1ccc(CO)cc1. The minimum absolute atomic E-state index is 0.0411. The summed E-state index contributed by atoms with van der Waals surface area (Å²) in [5.41, 5.74) is 4.27. The van der Waals surface area contributed by atoms with Gasteiger partial charge in [0.05, 0.1) is 29.5 Å². The fourth-order valence-electron chi connectivity index (χ4n) is 2.41. The second kappa shape index (κ2) is 8.17. The molecule has 1 amide bonds. The van der Waals surface area contributed by atoms with Crippen molar-refractivity contribution in [3.8, 4) is 0 Å². The quantitative estimate of drug-likeness (QED) is 0.680. The van der Waals surface area contributed by atoms with E-state index < -0.39 is 0 Å². The van der Waals surface area contributed by atoms with Crippen LogP contribution in [0.1, 0.15) is 16.8 Å². The highest BCUT2D eigenvalue weighted by Gasteiger charge is 1.99. The average molecular weight is 333 g/mol. The van der Waals surface area contributed by atoms with Crippen molar-refractivity contribution in [2.24, 2.45) is 0 Å². The van der Waals surface area contributed by atoms with E-state index in [-0.39, 0.29) is 12.5 Å². The lowest BCUT2D eigenvalue weighted by atomic mass is 10.1. The van der Waals surface area contributed by atoms with Crippen LogP contribution in [0.3, 0.4) is 0 Å². The second-order valence-electron chi connectivity index (χ2n) is 5.63. The van der Waals surface area contributed by atoms with E-state index in [1.54, 1.807) is 12.3 Å². The summed E-state index contributed by atoms with van der Waals surface area (Å²) in [7, 11) is 0. The zero-order valence-corrected chi connectivity index (χ0v) is 13.7. The topological polar surface area (TPSA) is 75.1 Å². The summed E-state index contributed by atoms with van der Waals surface area (Å²) < 4.78 is 0. The van der Waals surface area contributed by atoms with E-state index in [0.29, 0.717) is 12.2 Å². The van der Waals surface area contributed by atoms with E-state index in [0.717, 1.165) is 28.6 Å². The first kappa shape index (κ1) is 16.8. The van der Waals surface area contributed by atoms with Crippen molar-refractivity contribution in [1.82, 2.24) is 15.3 Å². The van der Waals surface area contributed by atoms with Gasteiger partial charge in [-0.15, -0.1) is 0 Å². The largest absolute Gasteiger partial charge is 0.392 e. The maximum atomic E-state index is 11.9. The van der Waals surface area contributed by atoms with E-state index in [2.05, 4.69) is 15.3 Å². The smallest absolute Gasteiger partial charge is 0.244 e. The van der Waals surface area contributed by atoms with E-state index in [1.807, 2.05) is 48.5 Å². The summed E-state index contributed by atoms with van der Waals surface area (Å²) in [6.45, 7) is 0.588. The lowest BCUT2D eigenvalue weighted by Gasteiger charge is -2.04. The number of para-hydroxylation sites is 2. The first-order valence-corrected chi connectivity index (χ1v) is 8.11. The number of nitrogens with zero attached hydrogens (tertiary/aromatic N) is 2. The molecule has 0 spiro atoms. The number of carbonyl (C=O) groups is 1. The molecule has 1 aromatic heterocycles. The molecule has 0 radical (unpaired) electrons. The van der Waals surface area contributed by atoms with Crippen molar-refractivity contribution in [2.75, 3.05) is 6.54 Å². The Bertz CT molecular complexity index is 889. The number of aromatic nitrogens is 2. The van der Waals surface area contributed by atoms with Gasteiger partial charge in [0.15, 0.2) is 0 Å². The Kier molecular flexibility index (Phi) is 5.49. The van der Waals surface area contributed by atoms with Gasteiger partial charge in [-0.05, 0) is 35.8 Å². The van der Waals surface area contributed by atoms with Gasteiger partial charge in [-0.2, -0.15) is 0 Å². The van der Waals surface area contributed by atoms with Crippen LogP contribution < -0.4 is 5.32 Å². The summed E-state index contributed by atoms with van der Waals surface area (Å²) in [5.74, 6) is -0.165. The first-order chi connectivity index (χ1) is 12.2. The standard InChI is InChI=1S/C20H19N3O2/c24-14-16-7-5-15(6-8-16)11-12-21-20(25)10-9-17-13-22-18-3-1-2-4-19(18)23-17/h1-10,13,24H,11-12,14H2,(H,21,25)/b10-9+. The fourth-order valence-corrected chi connectivity index (χ4v) is 2.41. The predicted molar refractivity (Wildman–Crippen MR) is 97.7 cm³/mol. The molecule has 0 fully saturated rings. The van der Waals surface area contributed by atoms with Gasteiger partial charge in [0.1, 0.15) is 0 Å². The van der Waals surface area contributed by atoms with Crippen molar-refractivity contribution in [1.29, 1.82) is 0 Å². The Labute approximate surface area is 146 Å². The van der Waals surface area contributed by atoms with Gasteiger partial charge >= 0.3 is 0 Å². The summed E-state index contributed by atoms with van der Waals surface area (Å²) in [6, 6.07) is 15.3. The van der Waals surface area contributed by atoms with Gasteiger partial charge in [0.2, 0.25) is 5.91 Å². The average Bonchev–Trinajstić information content (AvgIpc) is 2.67. The fraction of sp³-hybridized carbons (Fsp3) is 0.150. The zero-order chi connectivity index (χ0) is 17.5. The van der Waals surface area contributed by atoms with Crippen molar-refractivity contribution in [3.63, 3.8) is 0 Å². The monoisotopic (exact) mass is 333 g/mol. The molecule has 5 nitrogen and oxygen atoms in total. The van der Waals surface area contributed by atoms with E-state index in [9.17, 15) is 4.79 Å². The number of rotatable bonds is 6. The Morgan fingerprint density at radius 3 is 2.52 bits per heavy atom. The van der Waals surface area contributed by atoms with Gasteiger partial charge in [-0.3, -0.25) is 9.78 Å². The number of aliphatic hydroxyl groups excluding tert-OH is 1. The Morgan fingerprint density at radius 2 is 1.76 bits per heavy atom. The number of hydrogen-bond donors (Lipinski definition) is 2. The molecule has 0 unspecified atom stereocenters. The molecule has 0 bridgehead atoms. The number of hydrogen-bond acceptors (Lipinski definition) is 4. The Balaban J connectivity index is 1.51. The van der Waals surface area contributed by atoms with Crippen molar-refractivity contribution < 1.29 is 9.90 Å². The van der Waals surface area contributed by atoms with Gasteiger partial charge in [0.25, 0.3) is 0 Å². The third kappa shape index (κ3) is 4.71. The maximum absolute atomic E-state index is 11.9. The summed E-state index contributed by atoms with van der Waals surface area (Å²) in [4.78, 5) is 20.6. The van der Waals surface area contributed by atoms with E-state index >= 15 is 0 Å². The molecular weight excluding hydrogens is 314 g/mol. The lowest BCUT2D eigenvalue weighted by Crippen LogP contribution is -2.23. The van der Waals surface area contributed by atoms with Crippen LogP contribution in [0.15, 0.2) is 60.8 Å². The Hall–Kier alpha value is -3.05. The van der Waals surface area contributed by atoms with Crippen molar-refractivity contribution >= 4 is 23.0 Å². The van der Waals surface area contributed by atoms with Crippen LogP contribution in [-0.4, -0.2) is 27.5 Å². The summed E-state index contributed by atoms with van der Waals surface area (Å²) in [5, 5.41) is 11.9. The third-order valence-electron chi connectivity index (χ3n) is 3.79. The molecule has 3 rings (SSSR count). The maximum Gasteiger partial charge on any atom is 0.244 e. The minimum Gasteiger partial charge on any atom is -0.392 e. The number of aliphatic hydroxyl groups is 1. The van der Waals surface area contributed by atoms with Crippen LogP contribution >= 0.6 is 0 Å². The minimum atomic E-state index is -0.165. The predicted octanol–water partition coefficient (Wildman–Crippen LogP) is 2.49. The molecular formula is C20H19N3O2. The van der Waals surface area contributed by atoms with Gasteiger partial charge in [-0.25, -0.2) is 4.98 Å². The number of benzene rings is 2. The number of carbonyl (C=O) groups excluding carboxylic acids is 1. The van der Waals surface area contributed by atoms with Crippen LogP contribution in [0, 0.1) is 0 Å². The highest BCUT2D eigenvalue weighted by molar-refractivity contribution is 5.91. The molecule has 0 saturated carbocycles. The number of fused-ring (bicyclic) bond motifs is 1. The third-order valence-corrected chi connectivity index (χ3v) is 3.79. The van der Waals surface area contributed by atoms with Crippen LogP contribution in [0.5, 0.6) is 0 Å². The molecule has 126 valence electrons. The van der Waals surface area contributed by atoms with E-state index in [1.165, 1.54) is 6.08 Å². The molecule has 0 aliphatic carbocycles. The van der Waals surface area contributed by atoms with Crippen LogP contribution in [0.4, 0.5) is 0 Å². The van der Waals surface area contributed by atoms with Gasteiger partial charge in [0, 0.05) is 12.6 Å². The zero-order valence-electron chi connectivity index (χ0n) is 13.7. The highest BCUT2D eigenvalue weighted by atomic mass is 16.3. The molecule has 2 N–H and O–H groups in total. The molecule has 0 aliphatic rings. The van der Waals surface area contributed by atoms with Crippen molar-refractivity contribution in [3.05, 3.63) is 77.6 Å². The number of amides is 1. The summed E-state index contributed by atoms with van der Waals surface area (Å²) in [6.07, 6.45) is 5.51. The molecule has 0 atom stereocenters. The molecule has 3 aromatic rings. The molecule has 1 heterocycles. The normalized spacial score (nSPS) is 11.1. The van der Waals surface area contributed by atoms with Crippen LogP contribution in [0.2, 0.25) is 0 Å². The highest BCUT2D eigenvalue weighted by Crippen LogP contribution is 2.09.